The Morgan fingerprint density at radius 2 is 2.25 bits per heavy atom. The van der Waals surface area contributed by atoms with Gasteiger partial charge < -0.3 is 20.1 Å². The van der Waals surface area contributed by atoms with Gasteiger partial charge in [-0.3, -0.25) is 0 Å². The maximum atomic E-state index is 11.3. The highest BCUT2D eigenvalue weighted by Gasteiger charge is 2.16. The summed E-state index contributed by atoms with van der Waals surface area (Å²) >= 11 is 0. The van der Waals surface area contributed by atoms with Crippen LogP contribution in [0.1, 0.15) is 27.2 Å². The molecule has 1 rings (SSSR count). The van der Waals surface area contributed by atoms with Gasteiger partial charge >= 0.3 is 6.09 Å². The first-order chi connectivity index (χ1) is 7.47. The third kappa shape index (κ3) is 5.92. The van der Waals surface area contributed by atoms with Crippen LogP contribution in [0.4, 0.5) is 4.79 Å². The molecule has 1 amide bonds. The van der Waals surface area contributed by atoms with E-state index < -0.39 is 5.60 Å². The van der Waals surface area contributed by atoms with Gasteiger partial charge in [0.05, 0.1) is 12.7 Å². The maximum Gasteiger partial charge on any atom is 0.407 e. The standard InChI is InChI=1S/C11H22N2O3/c1-11(2,3)16-10(14)13-6-7-15-9-4-5-12-8-9/h9,12H,4-8H2,1-3H3,(H,13,14). The fraction of sp³-hybridized carbons (Fsp3) is 0.909. The van der Waals surface area contributed by atoms with Crippen LogP contribution >= 0.6 is 0 Å². The molecule has 1 heterocycles. The van der Waals surface area contributed by atoms with Crippen LogP contribution in [-0.4, -0.2) is 44.0 Å². The van der Waals surface area contributed by atoms with Gasteiger partial charge in [0, 0.05) is 13.1 Å². The third-order valence-electron chi connectivity index (χ3n) is 2.14. The molecule has 0 aliphatic carbocycles. The monoisotopic (exact) mass is 230 g/mol. The average Bonchev–Trinajstić information content (AvgIpc) is 2.62. The summed E-state index contributed by atoms with van der Waals surface area (Å²) < 4.78 is 10.6. The van der Waals surface area contributed by atoms with Crippen molar-refractivity contribution >= 4 is 6.09 Å². The maximum absolute atomic E-state index is 11.3. The summed E-state index contributed by atoms with van der Waals surface area (Å²) in [6, 6.07) is 0. The Kier molecular flexibility index (Phi) is 5.02. The van der Waals surface area contributed by atoms with Crippen molar-refractivity contribution in [2.75, 3.05) is 26.2 Å². The lowest BCUT2D eigenvalue weighted by atomic mass is 10.2. The van der Waals surface area contributed by atoms with Crippen LogP contribution in [0.2, 0.25) is 0 Å². The fourth-order valence-electron chi connectivity index (χ4n) is 1.46. The van der Waals surface area contributed by atoms with Gasteiger partial charge in [0.25, 0.3) is 0 Å². The molecule has 0 radical (unpaired) electrons. The molecular formula is C11H22N2O3. The smallest absolute Gasteiger partial charge is 0.407 e. The Hall–Kier alpha value is -0.810. The van der Waals surface area contributed by atoms with Crippen molar-refractivity contribution in [3.05, 3.63) is 0 Å². The molecule has 0 bridgehead atoms. The molecule has 1 fully saturated rings. The zero-order chi connectivity index (χ0) is 12.0. The van der Waals surface area contributed by atoms with Gasteiger partial charge in [-0.2, -0.15) is 0 Å². The highest BCUT2D eigenvalue weighted by Crippen LogP contribution is 2.06. The predicted molar refractivity (Wildman–Crippen MR) is 61.5 cm³/mol. The van der Waals surface area contributed by atoms with E-state index in [1.807, 2.05) is 20.8 Å². The molecule has 1 unspecified atom stereocenters. The second-order valence-corrected chi connectivity index (χ2v) is 4.91. The van der Waals surface area contributed by atoms with E-state index in [2.05, 4.69) is 10.6 Å². The lowest BCUT2D eigenvalue weighted by Crippen LogP contribution is -2.35. The third-order valence-corrected chi connectivity index (χ3v) is 2.14. The van der Waals surface area contributed by atoms with E-state index in [1.54, 1.807) is 0 Å². The van der Waals surface area contributed by atoms with Crippen LogP contribution in [0, 0.1) is 0 Å². The molecule has 5 nitrogen and oxygen atoms in total. The minimum absolute atomic E-state index is 0.292. The normalized spacial score (nSPS) is 20.8. The number of carbonyl (C=O) groups excluding carboxylic acids is 1. The number of rotatable bonds is 4. The van der Waals surface area contributed by atoms with Crippen LogP contribution < -0.4 is 10.6 Å². The number of amides is 1. The molecule has 16 heavy (non-hydrogen) atoms. The quantitative estimate of drug-likeness (QED) is 0.704. The summed E-state index contributed by atoms with van der Waals surface area (Å²) in [5.74, 6) is 0. The molecular weight excluding hydrogens is 208 g/mol. The van der Waals surface area contributed by atoms with Crippen LogP contribution in [-0.2, 0) is 9.47 Å². The summed E-state index contributed by atoms with van der Waals surface area (Å²) in [4.78, 5) is 11.3. The van der Waals surface area contributed by atoms with E-state index >= 15 is 0 Å². The lowest BCUT2D eigenvalue weighted by Gasteiger charge is -2.19. The van der Waals surface area contributed by atoms with Gasteiger partial charge in [0.1, 0.15) is 5.60 Å². The fourth-order valence-corrected chi connectivity index (χ4v) is 1.46. The summed E-state index contributed by atoms with van der Waals surface area (Å²) in [5, 5.41) is 5.87. The van der Waals surface area contributed by atoms with Crippen molar-refractivity contribution in [2.45, 2.75) is 38.9 Å². The van der Waals surface area contributed by atoms with E-state index in [1.165, 1.54) is 0 Å². The van der Waals surface area contributed by atoms with Gasteiger partial charge in [-0.25, -0.2) is 4.79 Å². The molecule has 1 aliphatic rings. The SMILES string of the molecule is CC(C)(C)OC(=O)NCCOC1CCNC1. The van der Waals surface area contributed by atoms with Crippen molar-refractivity contribution < 1.29 is 14.3 Å². The second kappa shape index (κ2) is 6.06. The predicted octanol–water partition coefficient (Wildman–Crippen LogP) is 0.890. The molecule has 0 aromatic heterocycles. The lowest BCUT2D eigenvalue weighted by molar-refractivity contribution is 0.0437. The molecule has 5 heteroatoms. The Morgan fingerprint density at radius 3 is 2.81 bits per heavy atom. The van der Waals surface area contributed by atoms with Crippen molar-refractivity contribution in [2.24, 2.45) is 0 Å². The van der Waals surface area contributed by atoms with Crippen molar-refractivity contribution in [1.29, 1.82) is 0 Å². The molecule has 1 saturated heterocycles. The molecule has 1 atom stereocenters. The van der Waals surface area contributed by atoms with E-state index in [0.29, 0.717) is 19.3 Å². The minimum Gasteiger partial charge on any atom is -0.444 e. The number of hydrogen-bond donors (Lipinski definition) is 2. The van der Waals surface area contributed by atoms with Crippen molar-refractivity contribution in [1.82, 2.24) is 10.6 Å². The van der Waals surface area contributed by atoms with Crippen LogP contribution in [0.5, 0.6) is 0 Å². The van der Waals surface area contributed by atoms with Crippen molar-refractivity contribution in [3.63, 3.8) is 0 Å². The number of nitrogens with one attached hydrogen (secondary N) is 2. The van der Waals surface area contributed by atoms with E-state index in [-0.39, 0.29) is 6.09 Å². The Balaban J connectivity index is 2.00. The molecule has 94 valence electrons. The number of carbonyl (C=O) groups is 1. The zero-order valence-corrected chi connectivity index (χ0v) is 10.3. The molecule has 0 aromatic carbocycles. The van der Waals surface area contributed by atoms with E-state index in [0.717, 1.165) is 19.5 Å². The second-order valence-electron chi connectivity index (χ2n) is 4.91. The highest BCUT2D eigenvalue weighted by atomic mass is 16.6. The van der Waals surface area contributed by atoms with Crippen LogP contribution in [0.25, 0.3) is 0 Å². The highest BCUT2D eigenvalue weighted by molar-refractivity contribution is 5.67. The largest absolute Gasteiger partial charge is 0.444 e. The number of hydrogen-bond acceptors (Lipinski definition) is 4. The average molecular weight is 230 g/mol. The molecule has 0 spiro atoms. The summed E-state index contributed by atoms with van der Waals surface area (Å²) in [6.45, 7) is 8.47. The van der Waals surface area contributed by atoms with Gasteiger partial charge in [-0.15, -0.1) is 0 Å². The Morgan fingerprint density at radius 1 is 1.50 bits per heavy atom. The Labute approximate surface area is 96.9 Å². The zero-order valence-electron chi connectivity index (χ0n) is 10.3. The van der Waals surface area contributed by atoms with Crippen LogP contribution in [0.3, 0.4) is 0 Å². The Bertz CT molecular complexity index is 220. The molecule has 2 N–H and O–H groups in total. The van der Waals surface area contributed by atoms with Gasteiger partial charge in [-0.05, 0) is 33.7 Å². The van der Waals surface area contributed by atoms with Crippen molar-refractivity contribution in [3.8, 4) is 0 Å². The molecule has 1 aliphatic heterocycles. The topological polar surface area (TPSA) is 59.6 Å². The first-order valence-corrected chi connectivity index (χ1v) is 5.76. The number of ether oxygens (including phenoxy) is 2. The summed E-state index contributed by atoms with van der Waals surface area (Å²) in [5.41, 5.74) is -0.444. The number of alkyl carbamates (subject to hydrolysis) is 1. The van der Waals surface area contributed by atoms with Crippen LogP contribution in [0.15, 0.2) is 0 Å². The molecule has 0 aromatic rings. The first-order valence-electron chi connectivity index (χ1n) is 5.76. The summed E-state index contributed by atoms with van der Waals surface area (Å²) in [6.07, 6.45) is 0.952. The van der Waals surface area contributed by atoms with E-state index in [9.17, 15) is 4.79 Å². The summed E-state index contributed by atoms with van der Waals surface area (Å²) in [7, 11) is 0. The molecule has 0 saturated carbocycles. The van der Waals surface area contributed by atoms with Gasteiger partial charge in [0.15, 0.2) is 0 Å². The van der Waals surface area contributed by atoms with Gasteiger partial charge in [-0.1, -0.05) is 0 Å². The minimum atomic E-state index is -0.444. The first kappa shape index (κ1) is 13.3. The van der Waals surface area contributed by atoms with E-state index in [4.69, 9.17) is 9.47 Å². The van der Waals surface area contributed by atoms with Gasteiger partial charge in [0.2, 0.25) is 0 Å².